The highest BCUT2D eigenvalue weighted by Gasteiger charge is 2.28. The van der Waals surface area contributed by atoms with Crippen molar-refractivity contribution in [3.63, 3.8) is 0 Å². The van der Waals surface area contributed by atoms with Gasteiger partial charge < -0.3 is 20.1 Å². The Balaban J connectivity index is 2.32. The van der Waals surface area contributed by atoms with Crippen LogP contribution in [-0.4, -0.2) is 33.4 Å². The lowest BCUT2D eigenvalue weighted by atomic mass is 9.94. The molecule has 1 aliphatic heterocycles. The molecule has 1 heterocycles. The second-order valence-corrected chi connectivity index (χ2v) is 5.67. The van der Waals surface area contributed by atoms with Gasteiger partial charge >= 0.3 is 0 Å². The van der Waals surface area contributed by atoms with E-state index in [1.54, 1.807) is 14.2 Å². The average Bonchev–Trinajstić information content (AvgIpc) is 2.46. The molecule has 0 aromatic heterocycles. The van der Waals surface area contributed by atoms with Crippen LogP contribution in [0, 0.1) is 5.92 Å². The summed E-state index contributed by atoms with van der Waals surface area (Å²) in [6.45, 7) is 6.20. The maximum Gasteiger partial charge on any atom is 0.125 e. The molecule has 1 aromatic carbocycles. The van der Waals surface area contributed by atoms with E-state index in [4.69, 9.17) is 15.2 Å². The van der Waals surface area contributed by atoms with Gasteiger partial charge in [-0.15, -0.1) is 0 Å². The summed E-state index contributed by atoms with van der Waals surface area (Å²) in [5.41, 5.74) is 8.41. The standard InChI is InChI=1S/C16H26N2O2/c1-11-8-9-18(10-15(11)20-4)13-6-5-7-14(19-3)16(13)12(2)17/h5-7,11-12,15H,8-10,17H2,1-4H3. The summed E-state index contributed by atoms with van der Waals surface area (Å²) in [5, 5.41) is 0. The lowest BCUT2D eigenvalue weighted by Crippen LogP contribution is -2.44. The van der Waals surface area contributed by atoms with Gasteiger partial charge in [0.15, 0.2) is 0 Å². The zero-order chi connectivity index (χ0) is 14.7. The third-order valence-corrected chi connectivity index (χ3v) is 4.25. The van der Waals surface area contributed by atoms with Crippen molar-refractivity contribution in [2.45, 2.75) is 32.4 Å². The van der Waals surface area contributed by atoms with Crippen LogP contribution in [0.5, 0.6) is 5.75 Å². The molecule has 4 nitrogen and oxygen atoms in total. The van der Waals surface area contributed by atoms with Gasteiger partial charge in [0.2, 0.25) is 0 Å². The van der Waals surface area contributed by atoms with Crippen LogP contribution in [0.4, 0.5) is 5.69 Å². The molecule has 0 bridgehead atoms. The first-order chi connectivity index (χ1) is 9.58. The highest BCUT2D eigenvalue weighted by molar-refractivity contribution is 5.61. The van der Waals surface area contributed by atoms with Gasteiger partial charge in [-0.1, -0.05) is 13.0 Å². The molecule has 1 fully saturated rings. The zero-order valence-electron chi connectivity index (χ0n) is 12.9. The van der Waals surface area contributed by atoms with Gasteiger partial charge in [-0.3, -0.25) is 0 Å². The number of methoxy groups -OCH3 is 2. The number of rotatable bonds is 4. The second kappa shape index (κ2) is 6.46. The van der Waals surface area contributed by atoms with Crippen molar-refractivity contribution >= 4 is 5.69 Å². The SMILES string of the molecule is COc1cccc(N2CCC(C)C(OC)C2)c1C(C)N. The third-order valence-electron chi connectivity index (χ3n) is 4.25. The third kappa shape index (κ3) is 2.91. The first-order valence-electron chi connectivity index (χ1n) is 7.28. The Morgan fingerprint density at radius 3 is 2.70 bits per heavy atom. The minimum atomic E-state index is -0.0542. The predicted molar refractivity (Wildman–Crippen MR) is 82.4 cm³/mol. The Morgan fingerprint density at radius 1 is 1.35 bits per heavy atom. The first kappa shape index (κ1) is 15.1. The first-order valence-corrected chi connectivity index (χ1v) is 7.28. The molecule has 112 valence electrons. The molecule has 2 rings (SSSR count). The normalized spacial score (nSPS) is 24.6. The fraction of sp³-hybridized carbons (Fsp3) is 0.625. The summed E-state index contributed by atoms with van der Waals surface area (Å²) in [7, 11) is 3.49. The Morgan fingerprint density at radius 2 is 2.10 bits per heavy atom. The molecule has 4 heteroatoms. The van der Waals surface area contributed by atoms with Gasteiger partial charge in [0.05, 0.1) is 13.2 Å². The Bertz CT molecular complexity index is 448. The molecular weight excluding hydrogens is 252 g/mol. The molecule has 1 saturated heterocycles. The van der Waals surface area contributed by atoms with E-state index in [-0.39, 0.29) is 12.1 Å². The monoisotopic (exact) mass is 278 g/mol. The number of benzene rings is 1. The highest BCUT2D eigenvalue weighted by atomic mass is 16.5. The highest BCUT2D eigenvalue weighted by Crippen LogP contribution is 2.35. The maximum atomic E-state index is 6.15. The molecule has 0 saturated carbocycles. The minimum absolute atomic E-state index is 0.0542. The fourth-order valence-electron chi connectivity index (χ4n) is 3.00. The number of ether oxygens (including phenoxy) is 2. The quantitative estimate of drug-likeness (QED) is 0.919. The molecule has 3 atom stereocenters. The molecule has 0 amide bonds. The maximum absolute atomic E-state index is 6.15. The number of nitrogens with zero attached hydrogens (tertiary/aromatic N) is 1. The van der Waals surface area contributed by atoms with E-state index in [1.165, 1.54) is 5.69 Å². The van der Waals surface area contributed by atoms with Crippen molar-refractivity contribution in [1.29, 1.82) is 0 Å². The van der Waals surface area contributed by atoms with Crippen molar-refractivity contribution in [3.8, 4) is 5.75 Å². The van der Waals surface area contributed by atoms with Crippen LogP contribution in [0.2, 0.25) is 0 Å². The minimum Gasteiger partial charge on any atom is -0.496 e. The van der Waals surface area contributed by atoms with Crippen molar-refractivity contribution in [3.05, 3.63) is 23.8 Å². The van der Waals surface area contributed by atoms with E-state index in [0.717, 1.165) is 30.8 Å². The van der Waals surface area contributed by atoms with E-state index in [2.05, 4.69) is 17.9 Å². The predicted octanol–water partition coefficient (Wildman–Crippen LogP) is 2.58. The largest absolute Gasteiger partial charge is 0.496 e. The number of nitrogens with two attached hydrogens (primary N) is 1. The second-order valence-electron chi connectivity index (χ2n) is 5.67. The van der Waals surface area contributed by atoms with E-state index in [0.29, 0.717) is 5.92 Å². The molecule has 20 heavy (non-hydrogen) atoms. The van der Waals surface area contributed by atoms with E-state index >= 15 is 0 Å². The fourth-order valence-corrected chi connectivity index (χ4v) is 3.00. The van der Waals surface area contributed by atoms with Gasteiger partial charge in [-0.05, 0) is 31.4 Å². The lowest BCUT2D eigenvalue weighted by molar-refractivity contribution is 0.0498. The molecule has 0 radical (unpaired) electrons. The van der Waals surface area contributed by atoms with Crippen LogP contribution in [0.3, 0.4) is 0 Å². The molecule has 1 aliphatic rings. The van der Waals surface area contributed by atoms with Crippen molar-refractivity contribution < 1.29 is 9.47 Å². The summed E-state index contributed by atoms with van der Waals surface area (Å²) in [6.07, 6.45) is 1.41. The molecule has 2 N–H and O–H groups in total. The van der Waals surface area contributed by atoms with Gasteiger partial charge in [0.1, 0.15) is 5.75 Å². The van der Waals surface area contributed by atoms with E-state index in [1.807, 2.05) is 19.1 Å². The molecule has 0 spiro atoms. The Kier molecular flexibility index (Phi) is 4.89. The van der Waals surface area contributed by atoms with E-state index < -0.39 is 0 Å². The smallest absolute Gasteiger partial charge is 0.125 e. The molecule has 1 aromatic rings. The van der Waals surface area contributed by atoms with Crippen molar-refractivity contribution in [2.75, 3.05) is 32.2 Å². The molecular formula is C16H26N2O2. The summed E-state index contributed by atoms with van der Waals surface area (Å²) in [5.74, 6) is 1.46. The van der Waals surface area contributed by atoms with Crippen LogP contribution in [0.25, 0.3) is 0 Å². The summed E-state index contributed by atoms with van der Waals surface area (Å²) < 4.78 is 11.1. The van der Waals surface area contributed by atoms with Gasteiger partial charge in [-0.2, -0.15) is 0 Å². The topological polar surface area (TPSA) is 47.7 Å². The van der Waals surface area contributed by atoms with Crippen molar-refractivity contribution in [2.24, 2.45) is 11.7 Å². The van der Waals surface area contributed by atoms with Crippen LogP contribution >= 0.6 is 0 Å². The molecule has 3 unspecified atom stereocenters. The Labute approximate surface area is 121 Å². The van der Waals surface area contributed by atoms with Gasteiger partial charge in [-0.25, -0.2) is 0 Å². The Hall–Kier alpha value is -1.26. The number of hydrogen-bond donors (Lipinski definition) is 1. The number of piperidine rings is 1. The summed E-state index contributed by atoms with van der Waals surface area (Å²) in [6, 6.07) is 6.08. The van der Waals surface area contributed by atoms with Gasteiger partial charge in [0, 0.05) is 37.5 Å². The lowest BCUT2D eigenvalue weighted by Gasteiger charge is -2.39. The molecule has 0 aliphatic carbocycles. The van der Waals surface area contributed by atoms with E-state index in [9.17, 15) is 0 Å². The number of anilines is 1. The van der Waals surface area contributed by atoms with Gasteiger partial charge in [0.25, 0.3) is 0 Å². The van der Waals surface area contributed by atoms with Crippen LogP contribution in [-0.2, 0) is 4.74 Å². The van der Waals surface area contributed by atoms with Crippen LogP contribution in [0.15, 0.2) is 18.2 Å². The zero-order valence-corrected chi connectivity index (χ0v) is 12.9. The average molecular weight is 278 g/mol. The summed E-state index contributed by atoms with van der Waals surface area (Å²) in [4.78, 5) is 2.37. The van der Waals surface area contributed by atoms with Crippen LogP contribution in [0.1, 0.15) is 31.9 Å². The number of hydrogen-bond acceptors (Lipinski definition) is 4. The summed E-state index contributed by atoms with van der Waals surface area (Å²) >= 11 is 0. The van der Waals surface area contributed by atoms with Crippen molar-refractivity contribution in [1.82, 2.24) is 0 Å². The van der Waals surface area contributed by atoms with Crippen LogP contribution < -0.4 is 15.4 Å².